The summed E-state index contributed by atoms with van der Waals surface area (Å²) in [6, 6.07) is 16.3. The van der Waals surface area contributed by atoms with Gasteiger partial charge < -0.3 is 9.47 Å². The van der Waals surface area contributed by atoms with Crippen molar-refractivity contribution >= 4 is 35.9 Å². The van der Waals surface area contributed by atoms with Crippen molar-refractivity contribution in [1.29, 1.82) is 0 Å². The Morgan fingerprint density at radius 3 is 1.56 bits per heavy atom. The molecule has 3 aromatic carbocycles. The van der Waals surface area contributed by atoms with Gasteiger partial charge in [0.05, 0.1) is 35.5 Å². The summed E-state index contributed by atoms with van der Waals surface area (Å²) in [5, 5.41) is 0. The zero-order chi connectivity index (χ0) is 26.4. The summed E-state index contributed by atoms with van der Waals surface area (Å²) in [5.41, 5.74) is 0.152. The van der Waals surface area contributed by atoms with Crippen LogP contribution < -0.4 is 18.9 Å². The van der Waals surface area contributed by atoms with Crippen molar-refractivity contribution in [3.05, 3.63) is 72.8 Å². The maximum absolute atomic E-state index is 12.5. The van der Waals surface area contributed by atoms with Gasteiger partial charge in [-0.2, -0.15) is 8.42 Å². The second kappa shape index (κ2) is 11.3. The van der Waals surface area contributed by atoms with Gasteiger partial charge in [0.2, 0.25) is 10.0 Å². The van der Waals surface area contributed by atoms with Crippen molar-refractivity contribution in [2.75, 3.05) is 32.1 Å². The SMILES string of the molecule is COc1ccc(S(=O)(=O)Nc2ccc(S(=O)(=O)NCCOS(=O)(=O)c3ccc(OC)cc3)cc2)cc1. The van der Waals surface area contributed by atoms with Crippen molar-refractivity contribution in [2.45, 2.75) is 14.7 Å². The second-order valence-electron chi connectivity index (χ2n) is 7.15. The summed E-state index contributed by atoms with van der Waals surface area (Å²) in [4.78, 5) is -0.238. The molecule has 11 nitrogen and oxygen atoms in total. The molecule has 0 atom stereocenters. The van der Waals surface area contributed by atoms with Crippen LogP contribution in [0.25, 0.3) is 0 Å². The molecule has 0 aliphatic heterocycles. The molecule has 0 amide bonds. The van der Waals surface area contributed by atoms with E-state index in [4.69, 9.17) is 13.7 Å². The molecule has 3 aromatic rings. The molecular formula is C22H24N2O9S3. The van der Waals surface area contributed by atoms with Crippen LogP contribution in [0.2, 0.25) is 0 Å². The van der Waals surface area contributed by atoms with Crippen LogP contribution in [0.1, 0.15) is 0 Å². The first-order chi connectivity index (χ1) is 17.0. The van der Waals surface area contributed by atoms with Crippen molar-refractivity contribution in [1.82, 2.24) is 4.72 Å². The summed E-state index contributed by atoms with van der Waals surface area (Å²) >= 11 is 0. The minimum absolute atomic E-state index is 0.00579. The Kier molecular flexibility index (Phi) is 8.58. The number of ether oxygens (including phenoxy) is 2. The molecule has 0 saturated carbocycles. The van der Waals surface area contributed by atoms with Crippen LogP contribution in [0.15, 0.2) is 87.5 Å². The average molecular weight is 557 g/mol. The van der Waals surface area contributed by atoms with Crippen molar-refractivity contribution in [3.63, 3.8) is 0 Å². The van der Waals surface area contributed by atoms with Crippen LogP contribution in [-0.2, 0) is 34.3 Å². The Bertz CT molecular complexity index is 1490. The molecule has 0 unspecified atom stereocenters. The molecule has 3 rings (SSSR count). The number of hydrogen-bond acceptors (Lipinski definition) is 9. The van der Waals surface area contributed by atoms with E-state index in [0.29, 0.717) is 11.5 Å². The van der Waals surface area contributed by atoms with Crippen molar-refractivity contribution in [3.8, 4) is 11.5 Å². The van der Waals surface area contributed by atoms with Gasteiger partial charge in [0.15, 0.2) is 0 Å². The number of hydrogen-bond donors (Lipinski definition) is 2. The van der Waals surface area contributed by atoms with E-state index in [1.54, 1.807) is 0 Å². The van der Waals surface area contributed by atoms with Gasteiger partial charge in [0.25, 0.3) is 20.1 Å². The van der Waals surface area contributed by atoms with E-state index in [2.05, 4.69) is 9.44 Å². The van der Waals surface area contributed by atoms with E-state index in [1.165, 1.54) is 87.0 Å². The lowest BCUT2D eigenvalue weighted by Crippen LogP contribution is -2.28. The lowest BCUT2D eigenvalue weighted by atomic mass is 10.3. The standard InChI is InChI=1S/C22H24N2O9S3/c1-31-18-5-11-21(12-6-18)35(27,28)24-17-3-9-20(10-4-17)34(25,26)23-15-16-33-36(29,30)22-13-7-19(32-2)8-14-22/h3-14,23-24H,15-16H2,1-2H3. The number of rotatable bonds is 12. The highest BCUT2D eigenvalue weighted by molar-refractivity contribution is 7.92. The molecule has 0 fully saturated rings. The van der Waals surface area contributed by atoms with E-state index in [1.807, 2.05) is 0 Å². The predicted octanol–water partition coefficient (Wildman–Crippen LogP) is 2.19. The predicted molar refractivity (Wildman–Crippen MR) is 132 cm³/mol. The zero-order valence-electron chi connectivity index (χ0n) is 19.2. The number of benzene rings is 3. The molecule has 0 aliphatic rings. The Hall–Kier alpha value is -3.17. The fraction of sp³-hybridized carbons (Fsp3) is 0.182. The molecule has 0 aromatic heterocycles. The van der Waals surface area contributed by atoms with Crippen LogP contribution in [0.3, 0.4) is 0 Å². The summed E-state index contributed by atoms with van der Waals surface area (Å²) in [7, 11) is -9.07. The van der Waals surface area contributed by atoms with Gasteiger partial charge in [-0.25, -0.2) is 21.6 Å². The lowest BCUT2D eigenvalue weighted by Gasteiger charge is -2.11. The van der Waals surface area contributed by atoms with Crippen LogP contribution in [0.5, 0.6) is 11.5 Å². The third kappa shape index (κ3) is 6.95. The largest absolute Gasteiger partial charge is 0.497 e. The summed E-state index contributed by atoms with van der Waals surface area (Å²) in [6.07, 6.45) is 0. The molecule has 36 heavy (non-hydrogen) atoms. The second-order valence-corrected chi connectivity index (χ2v) is 12.2. The molecule has 0 radical (unpaired) electrons. The zero-order valence-corrected chi connectivity index (χ0v) is 21.7. The molecule has 0 saturated heterocycles. The summed E-state index contributed by atoms with van der Waals surface area (Å²) in [6.45, 7) is -0.753. The molecular weight excluding hydrogens is 532 g/mol. The van der Waals surface area contributed by atoms with Crippen molar-refractivity contribution < 1.29 is 38.9 Å². The highest BCUT2D eigenvalue weighted by Gasteiger charge is 2.18. The first-order valence-electron chi connectivity index (χ1n) is 10.3. The maximum Gasteiger partial charge on any atom is 0.297 e. The number of methoxy groups -OCH3 is 2. The highest BCUT2D eigenvalue weighted by Crippen LogP contribution is 2.21. The van der Waals surface area contributed by atoms with Gasteiger partial charge in [-0.3, -0.25) is 8.91 Å². The Labute approximate surface area is 210 Å². The fourth-order valence-electron chi connectivity index (χ4n) is 2.89. The molecule has 14 heteroatoms. The molecule has 2 N–H and O–H groups in total. The smallest absolute Gasteiger partial charge is 0.297 e. The highest BCUT2D eigenvalue weighted by atomic mass is 32.2. The molecule has 0 bridgehead atoms. The Morgan fingerprint density at radius 2 is 1.06 bits per heavy atom. The van der Waals surface area contributed by atoms with E-state index >= 15 is 0 Å². The van der Waals surface area contributed by atoms with Crippen LogP contribution in [-0.4, -0.2) is 52.6 Å². The minimum Gasteiger partial charge on any atom is -0.497 e. The van der Waals surface area contributed by atoms with Gasteiger partial charge in [-0.1, -0.05) is 0 Å². The maximum atomic E-state index is 12.5. The van der Waals surface area contributed by atoms with Gasteiger partial charge in [-0.15, -0.1) is 0 Å². The molecule has 0 aliphatic carbocycles. The van der Waals surface area contributed by atoms with E-state index in [0.717, 1.165) is 0 Å². The van der Waals surface area contributed by atoms with Gasteiger partial charge in [-0.05, 0) is 72.8 Å². The van der Waals surface area contributed by atoms with Gasteiger partial charge in [0.1, 0.15) is 11.5 Å². The number of sulfonamides is 2. The average Bonchev–Trinajstić information content (AvgIpc) is 2.87. The quantitative estimate of drug-likeness (QED) is 0.252. The van der Waals surface area contributed by atoms with E-state index in [9.17, 15) is 25.3 Å². The topological polar surface area (TPSA) is 154 Å². The number of anilines is 1. The van der Waals surface area contributed by atoms with Crippen LogP contribution in [0.4, 0.5) is 5.69 Å². The Balaban J connectivity index is 1.57. The summed E-state index contributed by atoms with van der Waals surface area (Å²) < 4.78 is 93.9. The minimum atomic E-state index is -4.08. The molecule has 0 spiro atoms. The third-order valence-electron chi connectivity index (χ3n) is 4.77. The normalized spacial score (nSPS) is 12.2. The van der Waals surface area contributed by atoms with Crippen LogP contribution in [0, 0.1) is 0 Å². The van der Waals surface area contributed by atoms with Gasteiger partial charge in [0, 0.05) is 12.2 Å². The lowest BCUT2D eigenvalue weighted by molar-refractivity contribution is 0.322. The van der Waals surface area contributed by atoms with E-state index in [-0.39, 0.29) is 26.9 Å². The molecule has 194 valence electrons. The monoisotopic (exact) mass is 556 g/mol. The first kappa shape index (κ1) is 27.4. The Morgan fingerprint density at radius 1 is 0.611 bits per heavy atom. The number of nitrogens with one attached hydrogen (secondary N) is 2. The molecule has 0 heterocycles. The van der Waals surface area contributed by atoms with E-state index < -0.39 is 36.8 Å². The van der Waals surface area contributed by atoms with Gasteiger partial charge >= 0.3 is 0 Å². The first-order valence-corrected chi connectivity index (χ1v) is 14.6. The van der Waals surface area contributed by atoms with Crippen LogP contribution >= 0.6 is 0 Å². The third-order valence-corrected chi connectivity index (χ3v) is 8.97. The fourth-order valence-corrected chi connectivity index (χ4v) is 5.87. The van der Waals surface area contributed by atoms with Crippen molar-refractivity contribution in [2.24, 2.45) is 0 Å². The summed E-state index contributed by atoms with van der Waals surface area (Å²) in [5.74, 6) is 0.973.